The van der Waals surface area contributed by atoms with E-state index < -0.39 is 24.3 Å². The number of quaternary nitrogens is 1. The summed E-state index contributed by atoms with van der Waals surface area (Å²) in [6.45, 7) is 4.76. The minimum Gasteiger partial charge on any atom is -0.477 e. The molecule has 0 aliphatic rings. The van der Waals surface area contributed by atoms with E-state index >= 15 is 0 Å². The van der Waals surface area contributed by atoms with Gasteiger partial charge in [-0.1, -0.05) is 234 Å². The normalized spacial score (nSPS) is 13.4. The Balaban J connectivity index is 4.16. The molecule has 0 rings (SSSR count). The van der Waals surface area contributed by atoms with E-state index in [9.17, 15) is 19.5 Å². The van der Waals surface area contributed by atoms with Crippen molar-refractivity contribution in [3.63, 3.8) is 0 Å². The monoisotopic (exact) mass is 1040 g/mol. The van der Waals surface area contributed by atoms with Crippen LogP contribution in [-0.4, -0.2) is 87.4 Å². The van der Waals surface area contributed by atoms with Crippen LogP contribution in [0, 0.1) is 0 Å². The number of carboxylic acid groups (broad SMARTS) is 1. The van der Waals surface area contributed by atoms with Crippen molar-refractivity contribution in [3.8, 4) is 0 Å². The molecular weight excluding hydrogens is 923 g/mol. The van der Waals surface area contributed by atoms with Crippen LogP contribution in [0.5, 0.6) is 0 Å². The number of unbranched alkanes of at least 4 members (excludes halogenated alkanes) is 26. The second kappa shape index (κ2) is 55.7. The van der Waals surface area contributed by atoms with E-state index in [4.69, 9.17) is 18.9 Å². The summed E-state index contributed by atoms with van der Waals surface area (Å²) in [5.41, 5.74) is 0. The van der Waals surface area contributed by atoms with Crippen molar-refractivity contribution in [2.75, 3.05) is 47.5 Å². The Bertz CT molecular complexity index is 1490. The van der Waals surface area contributed by atoms with Gasteiger partial charge in [-0.25, -0.2) is 4.79 Å². The van der Waals surface area contributed by atoms with Crippen LogP contribution in [0.3, 0.4) is 0 Å². The van der Waals surface area contributed by atoms with Crippen LogP contribution in [0.1, 0.15) is 251 Å². The Labute approximate surface area is 455 Å². The van der Waals surface area contributed by atoms with Crippen LogP contribution in [0.15, 0.2) is 85.1 Å². The Hall–Kier alpha value is -3.53. The molecule has 0 radical (unpaired) electrons. The molecule has 0 aromatic carbocycles. The second-order valence-corrected chi connectivity index (χ2v) is 21.3. The zero-order valence-corrected chi connectivity index (χ0v) is 48.5. The van der Waals surface area contributed by atoms with Gasteiger partial charge in [-0.05, 0) is 89.9 Å². The predicted octanol–water partition coefficient (Wildman–Crippen LogP) is 18.0. The SMILES string of the molecule is CC/C=C\C/C=C\C/C=C\C/C=C\C/C=C\C/C=C\CCCCCCCCCCCCCCCCC(=O)OC(COC(=O)CCCCCCC/C=C\CCCCCCCCC)COC(OCC[N+](C)(C)C)C(=O)O. The molecular formula is C65H114NO8+. The Morgan fingerprint density at radius 2 is 0.770 bits per heavy atom. The molecule has 9 heteroatoms. The lowest BCUT2D eigenvalue weighted by atomic mass is 10.0. The number of allylic oxidation sites excluding steroid dienone is 14. The number of carbonyl (C=O) groups excluding carboxylic acids is 2. The van der Waals surface area contributed by atoms with E-state index in [0.717, 1.165) is 96.3 Å². The fourth-order valence-electron chi connectivity index (χ4n) is 8.25. The summed E-state index contributed by atoms with van der Waals surface area (Å²) in [5.74, 6) is -2.01. The molecule has 9 nitrogen and oxygen atoms in total. The molecule has 0 aromatic rings. The molecule has 0 aliphatic carbocycles. The molecule has 426 valence electrons. The highest BCUT2D eigenvalue weighted by Gasteiger charge is 2.25. The number of likely N-dealkylation sites (N-methyl/N-ethyl adjacent to an activating group) is 1. The molecule has 2 atom stereocenters. The van der Waals surface area contributed by atoms with Gasteiger partial charge >= 0.3 is 17.9 Å². The van der Waals surface area contributed by atoms with Crippen molar-refractivity contribution >= 4 is 17.9 Å². The lowest BCUT2D eigenvalue weighted by Gasteiger charge is -2.25. The third kappa shape index (κ3) is 56.2. The molecule has 2 unspecified atom stereocenters. The lowest BCUT2D eigenvalue weighted by molar-refractivity contribution is -0.870. The van der Waals surface area contributed by atoms with E-state index in [1.165, 1.54) is 128 Å². The first-order chi connectivity index (χ1) is 36.1. The second-order valence-electron chi connectivity index (χ2n) is 21.3. The van der Waals surface area contributed by atoms with E-state index in [2.05, 4.69) is 98.9 Å². The summed E-state index contributed by atoms with van der Waals surface area (Å²) in [7, 11) is 5.97. The summed E-state index contributed by atoms with van der Waals surface area (Å²) >= 11 is 0. The highest BCUT2D eigenvalue weighted by molar-refractivity contribution is 5.71. The number of carboxylic acids is 1. The van der Waals surface area contributed by atoms with Crippen molar-refractivity contribution in [2.24, 2.45) is 0 Å². The molecule has 0 fully saturated rings. The average Bonchev–Trinajstić information content (AvgIpc) is 3.37. The largest absolute Gasteiger partial charge is 0.477 e. The zero-order chi connectivity index (χ0) is 54.1. The van der Waals surface area contributed by atoms with Gasteiger partial charge in [0.25, 0.3) is 6.29 Å². The summed E-state index contributed by atoms with van der Waals surface area (Å²) in [6, 6.07) is 0. The number of rotatable bonds is 55. The van der Waals surface area contributed by atoms with Gasteiger partial charge in [-0.3, -0.25) is 9.59 Å². The fraction of sp³-hybridized carbons (Fsp3) is 0.738. The van der Waals surface area contributed by atoms with E-state index in [1.807, 2.05) is 21.1 Å². The van der Waals surface area contributed by atoms with Crippen molar-refractivity contribution < 1.29 is 42.9 Å². The molecule has 0 spiro atoms. The van der Waals surface area contributed by atoms with Gasteiger partial charge in [0.05, 0.1) is 34.4 Å². The molecule has 0 bridgehead atoms. The van der Waals surface area contributed by atoms with Crippen molar-refractivity contribution in [1.82, 2.24) is 0 Å². The number of nitrogens with zero attached hydrogens (tertiary/aromatic N) is 1. The zero-order valence-electron chi connectivity index (χ0n) is 48.5. The van der Waals surface area contributed by atoms with Crippen LogP contribution < -0.4 is 0 Å². The molecule has 0 saturated heterocycles. The summed E-state index contributed by atoms with van der Waals surface area (Å²) in [5, 5.41) is 9.70. The number of aliphatic carboxylic acids is 1. The number of hydrogen-bond donors (Lipinski definition) is 1. The van der Waals surface area contributed by atoms with Crippen molar-refractivity contribution in [2.45, 2.75) is 264 Å². The predicted molar refractivity (Wildman–Crippen MR) is 313 cm³/mol. The van der Waals surface area contributed by atoms with Gasteiger partial charge < -0.3 is 28.5 Å². The number of hydrogen-bond acceptors (Lipinski definition) is 7. The van der Waals surface area contributed by atoms with Crippen molar-refractivity contribution in [3.05, 3.63) is 85.1 Å². The van der Waals surface area contributed by atoms with Crippen LogP contribution in [0.25, 0.3) is 0 Å². The average molecular weight is 1040 g/mol. The molecule has 0 aromatic heterocycles. The lowest BCUT2D eigenvalue weighted by Crippen LogP contribution is -2.40. The van der Waals surface area contributed by atoms with Gasteiger partial charge in [0.15, 0.2) is 6.10 Å². The Morgan fingerprint density at radius 3 is 1.16 bits per heavy atom. The van der Waals surface area contributed by atoms with Crippen LogP contribution in [0.4, 0.5) is 0 Å². The standard InChI is InChI=1S/C65H113NO8/c1-6-8-10-12-14-16-18-20-22-24-25-26-27-28-29-30-31-32-33-34-35-36-37-38-39-40-42-44-46-48-50-52-54-56-63(68)74-61(60-73-65(64(69)70)71-58-57-66(3,4)5)59-72-62(67)55-53-51-49-47-45-43-41-23-21-19-17-15-13-11-9-7-2/h8,10,14,16,20,22-23,25-26,28-29,31-32,41,61,65H,6-7,9,11-13,15,17-19,21,24,27,30,33-40,42-60H2,1-5H3/p+1/b10-8-,16-14-,22-20-,26-25-,29-28-,32-31-,41-23-. The van der Waals surface area contributed by atoms with E-state index in [-0.39, 0.29) is 32.2 Å². The summed E-state index contributed by atoms with van der Waals surface area (Å²) < 4.78 is 22.9. The Morgan fingerprint density at radius 1 is 0.419 bits per heavy atom. The maximum Gasteiger partial charge on any atom is 0.361 e. The van der Waals surface area contributed by atoms with Crippen LogP contribution in [0.2, 0.25) is 0 Å². The van der Waals surface area contributed by atoms with E-state index in [0.29, 0.717) is 17.4 Å². The first-order valence-electron chi connectivity index (χ1n) is 30.3. The molecule has 0 amide bonds. The molecule has 74 heavy (non-hydrogen) atoms. The molecule has 1 N–H and O–H groups in total. The van der Waals surface area contributed by atoms with Gasteiger partial charge in [-0.15, -0.1) is 0 Å². The first kappa shape index (κ1) is 70.5. The first-order valence-corrected chi connectivity index (χ1v) is 30.3. The minimum absolute atomic E-state index is 0.184. The molecule has 0 saturated carbocycles. The summed E-state index contributed by atoms with van der Waals surface area (Å²) in [6.07, 6.45) is 71.0. The van der Waals surface area contributed by atoms with Gasteiger partial charge in [0.2, 0.25) is 0 Å². The van der Waals surface area contributed by atoms with Crippen molar-refractivity contribution in [1.29, 1.82) is 0 Å². The highest BCUT2D eigenvalue weighted by Crippen LogP contribution is 2.16. The van der Waals surface area contributed by atoms with Crippen LogP contribution >= 0.6 is 0 Å². The molecule has 0 aliphatic heterocycles. The van der Waals surface area contributed by atoms with Gasteiger partial charge in [0, 0.05) is 12.8 Å². The maximum absolute atomic E-state index is 12.9. The van der Waals surface area contributed by atoms with Gasteiger partial charge in [0.1, 0.15) is 13.2 Å². The highest BCUT2D eigenvalue weighted by atomic mass is 16.7. The quantitative estimate of drug-likeness (QED) is 0.0211. The maximum atomic E-state index is 12.9. The van der Waals surface area contributed by atoms with E-state index in [1.54, 1.807) is 0 Å². The number of esters is 2. The summed E-state index contributed by atoms with van der Waals surface area (Å²) in [4.78, 5) is 37.4. The number of ether oxygens (including phenoxy) is 4. The van der Waals surface area contributed by atoms with Gasteiger partial charge in [-0.2, -0.15) is 0 Å². The Kier molecular flexibility index (Phi) is 53.0. The minimum atomic E-state index is -1.51. The third-order valence-electron chi connectivity index (χ3n) is 12.9. The topological polar surface area (TPSA) is 108 Å². The van der Waals surface area contributed by atoms with Crippen LogP contribution in [-0.2, 0) is 33.3 Å². The smallest absolute Gasteiger partial charge is 0.361 e. The molecule has 0 heterocycles. The fourth-order valence-corrected chi connectivity index (χ4v) is 8.25. The number of carbonyl (C=O) groups is 3. The third-order valence-corrected chi connectivity index (χ3v) is 12.9.